The second kappa shape index (κ2) is 7.03. The lowest BCUT2D eigenvalue weighted by atomic mass is 10.0. The molecule has 5 nitrogen and oxygen atoms in total. The van der Waals surface area contributed by atoms with Crippen LogP contribution in [-0.4, -0.2) is 39.5 Å². The summed E-state index contributed by atoms with van der Waals surface area (Å²) in [5.74, 6) is 0.262. The van der Waals surface area contributed by atoms with Crippen molar-refractivity contribution in [1.82, 2.24) is 4.31 Å². The van der Waals surface area contributed by atoms with Gasteiger partial charge in [0.1, 0.15) is 0 Å². The van der Waals surface area contributed by atoms with Gasteiger partial charge in [-0.2, -0.15) is 5.26 Å². The first kappa shape index (κ1) is 16.0. The van der Waals surface area contributed by atoms with E-state index in [0.717, 1.165) is 12.8 Å². The molecule has 114 valence electrons. The van der Waals surface area contributed by atoms with E-state index in [0.29, 0.717) is 30.8 Å². The largest absolute Gasteiger partial charge is 0.384 e. The van der Waals surface area contributed by atoms with Gasteiger partial charge in [0.25, 0.3) is 0 Å². The molecule has 0 saturated carbocycles. The number of rotatable bonds is 5. The third-order valence-corrected chi connectivity index (χ3v) is 5.53. The van der Waals surface area contributed by atoms with E-state index >= 15 is 0 Å². The maximum absolute atomic E-state index is 12.5. The minimum Gasteiger partial charge on any atom is -0.384 e. The fourth-order valence-electron chi connectivity index (χ4n) is 2.63. The normalized spacial score (nSPS) is 20.1. The Bertz CT molecular complexity index is 603. The molecule has 0 aliphatic carbocycles. The molecular formula is C15H20N2O3S. The first-order valence-corrected chi connectivity index (χ1v) is 8.62. The number of nitrogens with zero attached hydrogens (tertiary/aromatic N) is 2. The Morgan fingerprint density at radius 2 is 2.10 bits per heavy atom. The summed E-state index contributed by atoms with van der Waals surface area (Å²) in [4.78, 5) is 0. The molecule has 1 fully saturated rings. The molecule has 0 amide bonds. The maximum Gasteiger partial charge on any atom is 0.218 e. The molecule has 0 spiro atoms. The zero-order valence-corrected chi connectivity index (χ0v) is 13.0. The molecule has 1 aromatic carbocycles. The number of hydrogen-bond donors (Lipinski definition) is 0. The van der Waals surface area contributed by atoms with Crippen LogP contribution in [0.25, 0.3) is 0 Å². The third kappa shape index (κ3) is 4.27. The van der Waals surface area contributed by atoms with Gasteiger partial charge in [0.05, 0.1) is 24.0 Å². The van der Waals surface area contributed by atoms with Crippen LogP contribution in [0.15, 0.2) is 24.3 Å². The highest BCUT2D eigenvalue weighted by atomic mass is 32.2. The van der Waals surface area contributed by atoms with E-state index < -0.39 is 10.0 Å². The lowest BCUT2D eigenvalue weighted by Crippen LogP contribution is -2.41. The number of benzene rings is 1. The van der Waals surface area contributed by atoms with Gasteiger partial charge in [-0.15, -0.1) is 0 Å². The molecule has 0 aromatic heterocycles. The number of ether oxygens (including phenoxy) is 1. The Morgan fingerprint density at radius 3 is 2.71 bits per heavy atom. The predicted octanol–water partition coefficient (Wildman–Crippen LogP) is 1.75. The van der Waals surface area contributed by atoms with Crippen LogP contribution in [0.4, 0.5) is 0 Å². The van der Waals surface area contributed by atoms with Gasteiger partial charge in [-0.1, -0.05) is 12.1 Å². The first-order valence-electron chi connectivity index (χ1n) is 7.01. The van der Waals surface area contributed by atoms with Gasteiger partial charge in [0, 0.05) is 20.2 Å². The number of methoxy groups -OCH3 is 1. The van der Waals surface area contributed by atoms with E-state index in [4.69, 9.17) is 10.00 Å². The summed E-state index contributed by atoms with van der Waals surface area (Å²) in [6.45, 7) is 1.72. The Balaban J connectivity index is 2.05. The predicted molar refractivity (Wildman–Crippen MR) is 80.0 cm³/mol. The van der Waals surface area contributed by atoms with Crippen molar-refractivity contribution in [2.24, 2.45) is 5.92 Å². The average molecular weight is 308 g/mol. The lowest BCUT2D eigenvalue weighted by Gasteiger charge is -2.31. The van der Waals surface area contributed by atoms with Crippen molar-refractivity contribution in [2.75, 3.05) is 26.8 Å². The summed E-state index contributed by atoms with van der Waals surface area (Å²) in [5.41, 5.74) is 1.25. The first-order chi connectivity index (χ1) is 10.0. The Morgan fingerprint density at radius 1 is 1.38 bits per heavy atom. The Labute approximate surface area is 126 Å². The van der Waals surface area contributed by atoms with E-state index in [1.807, 2.05) is 6.07 Å². The number of piperidine rings is 1. The SMILES string of the molecule is COCC1CCCN(S(=O)(=O)Cc2ccc(C#N)cc2)C1. The van der Waals surface area contributed by atoms with E-state index in [9.17, 15) is 8.42 Å². The van der Waals surface area contributed by atoms with E-state index in [1.165, 1.54) is 0 Å². The van der Waals surface area contributed by atoms with Crippen molar-refractivity contribution < 1.29 is 13.2 Å². The highest BCUT2D eigenvalue weighted by Gasteiger charge is 2.28. The van der Waals surface area contributed by atoms with E-state index in [2.05, 4.69) is 0 Å². The molecule has 1 heterocycles. The topological polar surface area (TPSA) is 70.4 Å². The zero-order valence-electron chi connectivity index (χ0n) is 12.2. The summed E-state index contributed by atoms with van der Waals surface area (Å²) in [6.07, 6.45) is 1.89. The molecule has 6 heteroatoms. The summed E-state index contributed by atoms with van der Waals surface area (Å²) in [6, 6.07) is 8.72. The summed E-state index contributed by atoms with van der Waals surface area (Å²) >= 11 is 0. The standard InChI is InChI=1S/C15H20N2O3S/c1-20-11-15-3-2-8-17(10-15)21(18,19)12-14-6-4-13(9-16)5-7-14/h4-7,15H,2-3,8,10-12H2,1H3. The van der Waals surface area contributed by atoms with Gasteiger partial charge in [-0.05, 0) is 36.5 Å². The Hall–Kier alpha value is -1.42. The lowest BCUT2D eigenvalue weighted by molar-refractivity contribution is 0.118. The van der Waals surface area contributed by atoms with Crippen molar-refractivity contribution >= 4 is 10.0 Å². The molecule has 0 N–H and O–H groups in total. The molecule has 1 aliphatic heterocycles. The number of hydrogen-bond acceptors (Lipinski definition) is 4. The monoisotopic (exact) mass is 308 g/mol. The van der Waals surface area contributed by atoms with Gasteiger partial charge >= 0.3 is 0 Å². The highest BCUT2D eigenvalue weighted by Crippen LogP contribution is 2.21. The van der Waals surface area contributed by atoms with Gasteiger partial charge in [0.2, 0.25) is 10.0 Å². The van der Waals surface area contributed by atoms with E-state index in [1.54, 1.807) is 35.7 Å². The van der Waals surface area contributed by atoms with Gasteiger partial charge in [-0.3, -0.25) is 0 Å². The van der Waals surface area contributed by atoms with Crippen molar-refractivity contribution in [1.29, 1.82) is 5.26 Å². The summed E-state index contributed by atoms with van der Waals surface area (Å²) < 4.78 is 31.7. The minimum atomic E-state index is -3.31. The molecule has 1 saturated heterocycles. The van der Waals surface area contributed by atoms with Gasteiger partial charge in [0.15, 0.2) is 0 Å². The van der Waals surface area contributed by atoms with Crippen LogP contribution in [0.1, 0.15) is 24.0 Å². The van der Waals surface area contributed by atoms with Crippen molar-refractivity contribution in [2.45, 2.75) is 18.6 Å². The third-order valence-electron chi connectivity index (χ3n) is 3.71. The Kier molecular flexibility index (Phi) is 5.34. The molecule has 21 heavy (non-hydrogen) atoms. The van der Waals surface area contributed by atoms with Gasteiger partial charge < -0.3 is 4.74 Å². The van der Waals surface area contributed by atoms with Crippen LogP contribution in [-0.2, 0) is 20.5 Å². The van der Waals surface area contributed by atoms with Crippen LogP contribution < -0.4 is 0 Å². The highest BCUT2D eigenvalue weighted by molar-refractivity contribution is 7.88. The fraction of sp³-hybridized carbons (Fsp3) is 0.533. The molecule has 2 rings (SSSR count). The molecule has 1 aromatic rings. The minimum absolute atomic E-state index is 0.0155. The van der Waals surface area contributed by atoms with Crippen molar-refractivity contribution in [3.05, 3.63) is 35.4 Å². The van der Waals surface area contributed by atoms with Crippen LogP contribution >= 0.6 is 0 Å². The second-order valence-corrected chi connectivity index (χ2v) is 7.36. The quantitative estimate of drug-likeness (QED) is 0.831. The van der Waals surface area contributed by atoms with Crippen LogP contribution in [0.2, 0.25) is 0 Å². The molecule has 1 aliphatic rings. The van der Waals surface area contributed by atoms with Crippen molar-refractivity contribution in [3.63, 3.8) is 0 Å². The van der Waals surface area contributed by atoms with E-state index in [-0.39, 0.29) is 11.7 Å². The number of nitriles is 1. The maximum atomic E-state index is 12.5. The van der Waals surface area contributed by atoms with Crippen molar-refractivity contribution in [3.8, 4) is 6.07 Å². The average Bonchev–Trinajstić information content (AvgIpc) is 2.48. The molecule has 0 radical (unpaired) electrons. The fourth-order valence-corrected chi connectivity index (χ4v) is 4.27. The molecule has 1 atom stereocenters. The van der Waals surface area contributed by atoms with Crippen LogP contribution in [0.5, 0.6) is 0 Å². The number of sulfonamides is 1. The molecular weight excluding hydrogens is 288 g/mol. The summed E-state index contributed by atoms with van der Waals surface area (Å²) in [5, 5.41) is 8.76. The zero-order chi connectivity index (χ0) is 15.3. The van der Waals surface area contributed by atoms with Crippen LogP contribution in [0, 0.1) is 17.2 Å². The van der Waals surface area contributed by atoms with Gasteiger partial charge in [-0.25, -0.2) is 12.7 Å². The summed E-state index contributed by atoms with van der Waals surface area (Å²) in [7, 11) is -1.67. The second-order valence-electron chi connectivity index (χ2n) is 5.39. The smallest absolute Gasteiger partial charge is 0.218 e. The molecule has 1 unspecified atom stereocenters. The molecule has 0 bridgehead atoms. The van der Waals surface area contributed by atoms with Crippen LogP contribution in [0.3, 0.4) is 0 Å².